The van der Waals surface area contributed by atoms with E-state index in [-0.39, 0.29) is 21.7 Å². The van der Waals surface area contributed by atoms with E-state index in [0.717, 1.165) is 11.1 Å². The molecule has 0 atom stereocenters. The molecule has 0 bridgehead atoms. The Morgan fingerprint density at radius 2 is 0.579 bits per heavy atom. The van der Waals surface area contributed by atoms with Gasteiger partial charge in [0.1, 0.15) is 11.2 Å². The highest BCUT2D eigenvalue weighted by Crippen LogP contribution is 2.38. The molecule has 3 heteroatoms. The number of carbonyl (C=O) groups is 1. The van der Waals surface area contributed by atoms with Gasteiger partial charge in [0.05, 0.1) is 0 Å². The van der Waals surface area contributed by atoms with Gasteiger partial charge >= 0.3 is 6.16 Å². The Bertz CT molecular complexity index is 998. The second-order valence-corrected chi connectivity index (χ2v) is 16.1. The Kier molecular flexibility index (Phi) is 8.43. The summed E-state index contributed by atoms with van der Waals surface area (Å²) in [5.74, 6) is 0. The lowest BCUT2D eigenvalue weighted by molar-refractivity contribution is -0.0635. The Hall–Kier alpha value is -2.29. The van der Waals surface area contributed by atoms with E-state index in [2.05, 4.69) is 119 Å². The minimum absolute atomic E-state index is 0.0303. The van der Waals surface area contributed by atoms with Crippen molar-refractivity contribution in [2.45, 2.75) is 144 Å². The Balaban J connectivity index is 2.44. The van der Waals surface area contributed by atoms with Crippen molar-refractivity contribution >= 4 is 6.16 Å². The highest BCUT2D eigenvalue weighted by atomic mass is 16.7. The SMILES string of the molecule is CC(C)(C)c1cc(C(C)(C)C)cc(C(C)(C)OC(=O)OC(C)(C)c2cc(C(C)(C)C)cc(C(C)(C)C)c2)c1. The van der Waals surface area contributed by atoms with Gasteiger partial charge in [-0.1, -0.05) is 119 Å². The first-order valence-corrected chi connectivity index (χ1v) is 14.0. The molecule has 0 aliphatic carbocycles. The van der Waals surface area contributed by atoms with Crippen molar-refractivity contribution in [1.29, 1.82) is 0 Å². The quantitative estimate of drug-likeness (QED) is 0.375. The standard InChI is InChI=1S/C35H54O3/c1-30(2,3)23-17-24(31(4,5)6)20-27(19-23)34(13,14)37-29(36)38-35(15,16)28-21-25(32(7,8)9)18-26(22-28)33(10,11)12/h17-22H,1-16H3. The molecule has 0 N–H and O–H groups in total. The van der Waals surface area contributed by atoms with E-state index in [1.807, 2.05) is 27.7 Å². The van der Waals surface area contributed by atoms with E-state index in [4.69, 9.17) is 9.47 Å². The monoisotopic (exact) mass is 522 g/mol. The molecule has 0 aliphatic rings. The molecule has 2 rings (SSSR count). The fraction of sp³-hybridized carbons (Fsp3) is 0.629. The van der Waals surface area contributed by atoms with Gasteiger partial charge in [0.2, 0.25) is 0 Å². The first-order valence-electron chi connectivity index (χ1n) is 14.0. The van der Waals surface area contributed by atoms with Crippen LogP contribution in [0.25, 0.3) is 0 Å². The third kappa shape index (κ3) is 7.87. The molecule has 0 heterocycles. The van der Waals surface area contributed by atoms with E-state index in [0.29, 0.717) is 0 Å². The van der Waals surface area contributed by atoms with Crippen LogP contribution in [-0.2, 0) is 42.3 Å². The predicted octanol–water partition coefficient (Wildman–Crippen LogP) is 10.2. The molecule has 0 aromatic heterocycles. The maximum absolute atomic E-state index is 13.3. The lowest BCUT2D eigenvalue weighted by Crippen LogP contribution is -2.33. The molecular weight excluding hydrogens is 468 g/mol. The molecule has 0 saturated heterocycles. The van der Waals surface area contributed by atoms with Crippen molar-refractivity contribution in [2.75, 3.05) is 0 Å². The van der Waals surface area contributed by atoms with Crippen LogP contribution in [0.15, 0.2) is 36.4 Å². The van der Waals surface area contributed by atoms with Crippen molar-refractivity contribution in [3.8, 4) is 0 Å². The van der Waals surface area contributed by atoms with Crippen LogP contribution in [0.5, 0.6) is 0 Å². The molecule has 3 nitrogen and oxygen atoms in total. The largest absolute Gasteiger partial charge is 0.510 e. The van der Waals surface area contributed by atoms with E-state index in [1.54, 1.807) is 0 Å². The third-order valence-corrected chi connectivity index (χ3v) is 7.40. The molecule has 0 radical (unpaired) electrons. The van der Waals surface area contributed by atoms with Gasteiger partial charge in [0.15, 0.2) is 0 Å². The van der Waals surface area contributed by atoms with E-state index in [1.165, 1.54) is 22.3 Å². The molecule has 38 heavy (non-hydrogen) atoms. The summed E-state index contributed by atoms with van der Waals surface area (Å²) in [6.07, 6.45) is -0.669. The molecule has 212 valence electrons. The second-order valence-electron chi connectivity index (χ2n) is 16.1. The van der Waals surface area contributed by atoms with E-state index >= 15 is 0 Å². The lowest BCUT2D eigenvalue weighted by Gasteiger charge is -2.34. The van der Waals surface area contributed by atoms with E-state index in [9.17, 15) is 4.79 Å². The Morgan fingerprint density at radius 1 is 0.395 bits per heavy atom. The van der Waals surface area contributed by atoms with Crippen LogP contribution in [0.4, 0.5) is 4.79 Å². The fourth-order valence-electron chi connectivity index (χ4n) is 4.24. The van der Waals surface area contributed by atoms with Crippen LogP contribution in [0, 0.1) is 0 Å². The Morgan fingerprint density at radius 3 is 0.763 bits per heavy atom. The number of ether oxygens (including phenoxy) is 2. The number of carbonyl (C=O) groups excluding carboxylic acids is 1. The summed E-state index contributed by atoms with van der Waals surface area (Å²) in [5.41, 5.74) is 4.97. The van der Waals surface area contributed by atoms with Crippen LogP contribution in [0.1, 0.15) is 144 Å². The second kappa shape index (κ2) is 10.0. The number of hydrogen-bond donors (Lipinski definition) is 0. The van der Waals surface area contributed by atoms with Crippen molar-refractivity contribution in [1.82, 2.24) is 0 Å². The summed E-state index contributed by atoms with van der Waals surface area (Å²) >= 11 is 0. The molecule has 0 aliphatic heterocycles. The number of rotatable bonds is 4. The van der Waals surface area contributed by atoms with E-state index < -0.39 is 17.4 Å². The zero-order valence-corrected chi connectivity index (χ0v) is 27.2. The van der Waals surface area contributed by atoms with Crippen LogP contribution in [0.3, 0.4) is 0 Å². The normalized spacial score (nSPS) is 13.9. The summed E-state index contributed by atoms with van der Waals surface area (Å²) in [4.78, 5) is 13.3. The molecule has 0 amide bonds. The first kappa shape index (κ1) is 31.9. The summed E-state index contributed by atoms with van der Waals surface area (Å²) in [7, 11) is 0. The molecule has 0 fully saturated rings. The fourth-order valence-corrected chi connectivity index (χ4v) is 4.24. The first-order chi connectivity index (χ1) is 16.7. The van der Waals surface area contributed by atoms with Gasteiger partial charge < -0.3 is 9.47 Å². The number of benzene rings is 2. The van der Waals surface area contributed by atoms with Crippen molar-refractivity contribution in [3.63, 3.8) is 0 Å². The van der Waals surface area contributed by atoms with Crippen molar-refractivity contribution in [2.24, 2.45) is 0 Å². The highest BCUT2D eigenvalue weighted by Gasteiger charge is 2.34. The predicted molar refractivity (Wildman–Crippen MR) is 161 cm³/mol. The average molecular weight is 523 g/mol. The summed E-state index contributed by atoms with van der Waals surface area (Å²) in [5, 5.41) is 0. The van der Waals surface area contributed by atoms with Gasteiger partial charge in [-0.25, -0.2) is 4.79 Å². The van der Waals surface area contributed by atoms with Crippen molar-refractivity contribution in [3.05, 3.63) is 69.8 Å². The summed E-state index contributed by atoms with van der Waals surface area (Å²) in [6.45, 7) is 34.3. The zero-order chi connectivity index (χ0) is 29.7. The van der Waals surface area contributed by atoms with Crippen molar-refractivity contribution < 1.29 is 14.3 Å². The van der Waals surface area contributed by atoms with Crippen LogP contribution >= 0.6 is 0 Å². The molecule has 2 aromatic carbocycles. The molecule has 0 saturated carbocycles. The average Bonchev–Trinajstić information content (AvgIpc) is 2.69. The van der Waals surface area contributed by atoms with Gasteiger partial charge in [-0.2, -0.15) is 0 Å². The highest BCUT2D eigenvalue weighted by molar-refractivity contribution is 5.62. The van der Waals surface area contributed by atoms with Gasteiger partial charge in [0, 0.05) is 0 Å². The third-order valence-electron chi connectivity index (χ3n) is 7.40. The smallest absolute Gasteiger partial charge is 0.423 e. The molecule has 0 spiro atoms. The topological polar surface area (TPSA) is 35.5 Å². The number of hydrogen-bond acceptors (Lipinski definition) is 3. The molecule has 0 unspecified atom stereocenters. The minimum atomic E-state index is -0.863. The minimum Gasteiger partial charge on any atom is -0.423 e. The maximum Gasteiger partial charge on any atom is 0.510 e. The molecule has 2 aromatic rings. The summed E-state index contributed by atoms with van der Waals surface area (Å²) < 4.78 is 12.1. The summed E-state index contributed by atoms with van der Waals surface area (Å²) in [6, 6.07) is 13.2. The Labute approximate surface area is 233 Å². The lowest BCUT2D eigenvalue weighted by atomic mass is 9.78. The molecular formula is C35H54O3. The zero-order valence-electron chi connectivity index (χ0n) is 27.2. The van der Waals surface area contributed by atoms with Crippen LogP contribution in [-0.4, -0.2) is 6.16 Å². The van der Waals surface area contributed by atoms with Crippen LogP contribution in [0.2, 0.25) is 0 Å². The van der Waals surface area contributed by atoms with Gasteiger partial charge in [-0.05, 0) is 82.7 Å². The maximum atomic E-state index is 13.3. The van der Waals surface area contributed by atoms with Gasteiger partial charge in [0.25, 0.3) is 0 Å². The van der Waals surface area contributed by atoms with Crippen LogP contribution < -0.4 is 0 Å². The van der Waals surface area contributed by atoms with Gasteiger partial charge in [-0.15, -0.1) is 0 Å². The van der Waals surface area contributed by atoms with Gasteiger partial charge in [-0.3, -0.25) is 0 Å².